The first-order valence-corrected chi connectivity index (χ1v) is 5.14. The topological polar surface area (TPSA) is 62.3 Å². The Balaban J connectivity index is 2.48. The maximum absolute atomic E-state index is 11.0. The van der Waals surface area contributed by atoms with E-state index in [1.165, 1.54) is 0 Å². The predicted octanol–water partition coefficient (Wildman–Crippen LogP) is 2.40. The monoisotopic (exact) mass is 219 g/mol. The van der Waals surface area contributed by atoms with E-state index >= 15 is 0 Å². The maximum atomic E-state index is 11.0. The molecule has 1 heterocycles. The molecule has 2 aromatic rings. The van der Waals surface area contributed by atoms with Crippen molar-refractivity contribution in [1.29, 1.82) is 0 Å². The average molecular weight is 219 g/mol. The standard InChI is InChI=1S/C12H13NO3/c1-2-16-7-8-6-13-11-9(8)4-3-5-10(11)12(14)15/h3-6,13H,2,7H2,1H3,(H,14,15). The Kier molecular flexibility index (Phi) is 2.92. The number of aromatic amines is 1. The summed E-state index contributed by atoms with van der Waals surface area (Å²) in [4.78, 5) is 14.0. The molecule has 0 unspecified atom stereocenters. The molecule has 2 rings (SSSR count). The van der Waals surface area contributed by atoms with Crippen LogP contribution in [-0.4, -0.2) is 22.7 Å². The van der Waals surface area contributed by atoms with E-state index in [1.807, 2.05) is 13.0 Å². The lowest BCUT2D eigenvalue weighted by atomic mass is 10.1. The third kappa shape index (κ3) is 1.79. The lowest BCUT2D eigenvalue weighted by Crippen LogP contribution is -1.97. The Labute approximate surface area is 92.9 Å². The zero-order valence-electron chi connectivity index (χ0n) is 8.99. The second-order valence-corrected chi connectivity index (χ2v) is 3.48. The average Bonchev–Trinajstić information content (AvgIpc) is 2.69. The van der Waals surface area contributed by atoms with Crippen LogP contribution in [0.1, 0.15) is 22.8 Å². The summed E-state index contributed by atoms with van der Waals surface area (Å²) in [6.07, 6.45) is 1.80. The van der Waals surface area contributed by atoms with Gasteiger partial charge < -0.3 is 14.8 Å². The Hall–Kier alpha value is -1.81. The lowest BCUT2D eigenvalue weighted by Gasteiger charge is -2.00. The Morgan fingerprint density at radius 1 is 1.50 bits per heavy atom. The van der Waals surface area contributed by atoms with Crippen molar-refractivity contribution in [3.8, 4) is 0 Å². The number of carbonyl (C=O) groups is 1. The molecule has 1 aromatic heterocycles. The van der Waals surface area contributed by atoms with Gasteiger partial charge in [0.2, 0.25) is 0 Å². The zero-order valence-corrected chi connectivity index (χ0v) is 8.99. The molecule has 2 N–H and O–H groups in total. The highest BCUT2D eigenvalue weighted by atomic mass is 16.5. The van der Waals surface area contributed by atoms with Crippen LogP contribution in [0.2, 0.25) is 0 Å². The minimum atomic E-state index is -0.921. The van der Waals surface area contributed by atoms with Crippen molar-refractivity contribution in [3.63, 3.8) is 0 Å². The molecular weight excluding hydrogens is 206 g/mol. The van der Waals surface area contributed by atoms with Crippen molar-refractivity contribution in [2.24, 2.45) is 0 Å². The molecule has 16 heavy (non-hydrogen) atoms. The van der Waals surface area contributed by atoms with Crippen LogP contribution in [0.5, 0.6) is 0 Å². The minimum Gasteiger partial charge on any atom is -0.478 e. The number of aromatic carboxylic acids is 1. The molecule has 0 amide bonds. The van der Waals surface area contributed by atoms with E-state index in [1.54, 1.807) is 18.3 Å². The molecule has 0 saturated heterocycles. The number of benzene rings is 1. The summed E-state index contributed by atoms with van der Waals surface area (Å²) in [6.45, 7) is 3.07. The maximum Gasteiger partial charge on any atom is 0.337 e. The van der Waals surface area contributed by atoms with Gasteiger partial charge in [-0.1, -0.05) is 12.1 Å². The number of aromatic nitrogens is 1. The Morgan fingerprint density at radius 3 is 3.00 bits per heavy atom. The molecule has 0 bridgehead atoms. The number of carboxylic acids is 1. The highest BCUT2D eigenvalue weighted by Crippen LogP contribution is 2.22. The van der Waals surface area contributed by atoms with E-state index < -0.39 is 5.97 Å². The van der Waals surface area contributed by atoms with Gasteiger partial charge in [0, 0.05) is 23.8 Å². The fourth-order valence-electron chi connectivity index (χ4n) is 1.72. The fraction of sp³-hybridized carbons (Fsp3) is 0.250. The third-order valence-corrected chi connectivity index (χ3v) is 2.49. The van der Waals surface area contributed by atoms with E-state index in [0.29, 0.717) is 24.3 Å². The van der Waals surface area contributed by atoms with Gasteiger partial charge in [0.25, 0.3) is 0 Å². The van der Waals surface area contributed by atoms with Crippen molar-refractivity contribution < 1.29 is 14.6 Å². The number of H-pyrrole nitrogens is 1. The van der Waals surface area contributed by atoms with Gasteiger partial charge >= 0.3 is 5.97 Å². The smallest absolute Gasteiger partial charge is 0.337 e. The van der Waals surface area contributed by atoms with Crippen molar-refractivity contribution in [2.75, 3.05) is 6.61 Å². The predicted molar refractivity (Wildman–Crippen MR) is 60.6 cm³/mol. The highest BCUT2D eigenvalue weighted by Gasteiger charge is 2.11. The highest BCUT2D eigenvalue weighted by molar-refractivity contribution is 6.02. The SMILES string of the molecule is CCOCc1c[nH]c2c(C(=O)O)cccc12. The molecule has 1 aromatic carbocycles. The van der Waals surface area contributed by atoms with Crippen molar-refractivity contribution in [3.05, 3.63) is 35.5 Å². The molecule has 0 spiro atoms. The van der Waals surface area contributed by atoms with Crippen LogP contribution in [0.4, 0.5) is 0 Å². The van der Waals surface area contributed by atoms with E-state index in [0.717, 1.165) is 10.9 Å². The number of hydrogen-bond donors (Lipinski definition) is 2. The summed E-state index contributed by atoms with van der Waals surface area (Å²) in [5, 5.41) is 9.93. The molecule has 0 saturated carbocycles. The van der Waals surface area contributed by atoms with Gasteiger partial charge in [0.1, 0.15) is 0 Å². The molecule has 0 atom stereocenters. The first kappa shape index (κ1) is 10.7. The van der Waals surface area contributed by atoms with Crippen LogP contribution < -0.4 is 0 Å². The molecule has 0 aliphatic carbocycles. The van der Waals surface area contributed by atoms with E-state index in [9.17, 15) is 4.79 Å². The van der Waals surface area contributed by atoms with Crippen molar-refractivity contribution in [1.82, 2.24) is 4.98 Å². The molecule has 4 heteroatoms. The summed E-state index contributed by atoms with van der Waals surface area (Å²) < 4.78 is 5.32. The van der Waals surface area contributed by atoms with E-state index in [-0.39, 0.29) is 0 Å². The number of hydrogen-bond acceptors (Lipinski definition) is 2. The van der Waals surface area contributed by atoms with Gasteiger partial charge in [-0.2, -0.15) is 0 Å². The zero-order chi connectivity index (χ0) is 11.5. The number of fused-ring (bicyclic) bond motifs is 1. The van der Waals surface area contributed by atoms with Crippen molar-refractivity contribution in [2.45, 2.75) is 13.5 Å². The van der Waals surface area contributed by atoms with Crippen LogP contribution in [0.3, 0.4) is 0 Å². The quantitative estimate of drug-likeness (QED) is 0.830. The molecule has 0 radical (unpaired) electrons. The number of carboxylic acid groups (broad SMARTS) is 1. The van der Waals surface area contributed by atoms with Crippen LogP contribution in [0, 0.1) is 0 Å². The summed E-state index contributed by atoms with van der Waals surface area (Å²) in [5.74, 6) is -0.921. The first-order valence-electron chi connectivity index (χ1n) is 5.14. The van der Waals surface area contributed by atoms with Crippen molar-refractivity contribution >= 4 is 16.9 Å². The van der Waals surface area contributed by atoms with Crippen LogP contribution in [-0.2, 0) is 11.3 Å². The molecular formula is C12H13NO3. The Bertz CT molecular complexity index is 516. The van der Waals surface area contributed by atoms with Gasteiger partial charge in [-0.15, -0.1) is 0 Å². The number of rotatable bonds is 4. The van der Waals surface area contributed by atoms with E-state index in [4.69, 9.17) is 9.84 Å². The summed E-state index contributed by atoms with van der Waals surface area (Å²) >= 11 is 0. The molecule has 4 nitrogen and oxygen atoms in total. The summed E-state index contributed by atoms with van der Waals surface area (Å²) in [5.41, 5.74) is 1.94. The third-order valence-electron chi connectivity index (χ3n) is 2.49. The summed E-state index contributed by atoms with van der Waals surface area (Å²) in [7, 11) is 0. The molecule has 0 aliphatic heterocycles. The fourth-order valence-corrected chi connectivity index (χ4v) is 1.72. The summed E-state index contributed by atoms with van der Waals surface area (Å²) in [6, 6.07) is 5.23. The van der Waals surface area contributed by atoms with Gasteiger partial charge in [0.15, 0.2) is 0 Å². The van der Waals surface area contributed by atoms with Gasteiger partial charge in [-0.25, -0.2) is 4.79 Å². The Morgan fingerprint density at radius 2 is 2.31 bits per heavy atom. The van der Waals surface area contributed by atoms with Gasteiger partial charge in [0.05, 0.1) is 17.7 Å². The molecule has 0 aliphatic rings. The molecule has 84 valence electrons. The second-order valence-electron chi connectivity index (χ2n) is 3.48. The van der Waals surface area contributed by atoms with Crippen LogP contribution in [0.25, 0.3) is 10.9 Å². The normalized spacial score (nSPS) is 10.8. The first-order chi connectivity index (χ1) is 7.74. The van der Waals surface area contributed by atoms with Gasteiger partial charge in [-0.05, 0) is 13.0 Å². The van der Waals surface area contributed by atoms with E-state index in [2.05, 4.69) is 4.98 Å². The van der Waals surface area contributed by atoms with Gasteiger partial charge in [-0.3, -0.25) is 0 Å². The largest absolute Gasteiger partial charge is 0.478 e. The number of para-hydroxylation sites is 1. The second kappa shape index (κ2) is 4.37. The van der Waals surface area contributed by atoms with Crippen LogP contribution >= 0.6 is 0 Å². The minimum absolute atomic E-state index is 0.292. The molecule has 0 fully saturated rings. The lowest BCUT2D eigenvalue weighted by molar-refractivity contribution is 0.0699. The van der Waals surface area contributed by atoms with Crippen LogP contribution in [0.15, 0.2) is 24.4 Å². The number of nitrogens with one attached hydrogen (secondary N) is 1. The number of ether oxygens (including phenoxy) is 1.